The Labute approximate surface area is 276 Å². The Morgan fingerprint density at radius 2 is 1.30 bits per heavy atom. The molecule has 0 aliphatic rings. The van der Waals surface area contributed by atoms with Crippen LogP contribution in [0.2, 0.25) is 0 Å². The van der Waals surface area contributed by atoms with Crippen LogP contribution in [0.1, 0.15) is 56.4 Å². The van der Waals surface area contributed by atoms with E-state index in [1.807, 2.05) is 97.9 Å². The number of benzene rings is 4. The van der Waals surface area contributed by atoms with Crippen LogP contribution in [0, 0.1) is 0 Å². The summed E-state index contributed by atoms with van der Waals surface area (Å²) in [6, 6.07) is 30.7. The van der Waals surface area contributed by atoms with Gasteiger partial charge < -0.3 is 26.2 Å². The molecule has 0 radical (unpaired) electrons. The summed E-state index contributed by atoms with van der Waals surface area (Å²) in [7, 11) is -2.38. The number of aliphatic hydroxyl groups is 2. The van der Waals surface area contributed by atoms with Crippen molar-refractivity contribution < 1.29 is 28.2 Å². The lowest BCUT2D eigenvalue weighted by molar-refractivity contribution is 0.0816. The van der Waals surface area contributed by atoms with Crippen molar-refractivity contribution in [3.63, 3.8) is 0 Å². The number of carbonyl (C=O) groups excluding carboxylic acids is 2. The van der Waals surface area contributed by atoms with Gasteiger partial charge in [0.1, 0.15) is 0 Å². The molecule has 0 aliphatic carbocycles. The summed E-state index contributed by atoms with van der Waals surface area (Å²) in [6.45, 7) is 1.69. The van der Waals surface area contributed by atoms with Gasteiger partial charge in [0.25, 0.3) is 11.8 Å². The maximum Gasteiger partial charge on any atom is 0.251 e. The number of hydrogen-bond donors (Lipinski definition) is 5. The summed E-state index contributed by atoms with van der Waals surface area (Å²) in [4.78, 5) is 27.2. The highest BCUT2D eigenvalue weighted by Crippen LogP contribution is 2.23. The number of anilines is 1. The molecule has 0 unspecified atom stereocenters. The Morgan fingerprint density at radius 1 is 0.787 bits per heavy atom. The second-order valence-corrected chi connectivity index (χ2v) is 13.5. The monoisotopic (exact) mass is 658 g/mol. The van der Waals surface area contributed by atoms with Crippen LogP contribution < -0.4 is 20.3 Å². The first-order chi connectivity index (χ1) is 22.5. The molecule has 0 spiro atoms. The largest absolute Gasteiger partial charge is 0.394 e. The minimum atomic E-state index is -3.72. The third-order valence-corrected chi connectivity index (χ3v) is 9.19. The zero-order valence-corrected chi connectivity index (χ0v) is 27.5. The van der Waals surface area contributed by atoms with Gasteiger partial charge in [-0.2, -0.15) is 0 Å². The number of aliphatic hydroxyl groups excluding tert-OH is 2. The van der Waals surface area contributed by atoms with E-state index >= 15 is 0 Å². The number of nitrogens with one attached hydrogen (secondary N) is 3. The van der Waals surface area contributed by atoms with E-state index < -0.39 is 40.0 Å². The van der Waals surface area contributed by atoms with E-state index in [1.54, 1.807) is 0 Å². The lowest BCUT2D eigenvalue weighted by atomic mass is 9.99. The van der Waals surface area contributed by atoms with Gasteiger partial charge in [-0.1, -0.05) is 91.0 Å². The molecule has 0 saturated heterocycles. The van der Waals surface area contributed by atoms with Crippen molar-refractivity contribution in [1.29, 1.82) is 0 Å². The molecule has 5 N–H and O–H groups in total. The zero-order chi connectivity index (χ0) is 34.0. The average molecular weight is 659 g/mol. The predicted octanol–water partition coefficient (Wildman–Crippen LogP) is 3.60. The van der Waals surface area contributed by atoms with Crippen molar-refractivity contribution >= 4 is 27.5 Å². The Hall–Kier alpha value is -4.55. The molecule has 0 bridgehead atoms. The van der Waals surface area contributed by atoms with Crippen LogP contribution in [0.5, 0.6) is 0 Å². The first-order valence-corrected chi connectivity index (χ1v) is 17.2. The van der Waals surface area contributed by atoms with Crippen LogP contribution in [0.4, 0.5) is 5.69 Å². The molecule has 10 nitrogen and oxygen atoms in total. The predicted molar refractivity (Wildman–Crippen MR) is 184 cm³/mol. The van der Waals surface area contributed by atoms with Crippen molar-refractivity contribution in [2.45, 2.75) is 37.6 Å². The van der Waals surface area contributed by atoms with Gasteiger partial charge in [0.15, 0.2) is 0 Å². The molecule has 0 fully saturated rings. The maximum atomic E-state index is 13.8. The number of carbonyl (C=O) groups is 2. The molecule has 11 heteroatoms. The van der Waals surface area contributed by atoms with Gasteiger partial charge in [-0.15, -0.1) is 0 Å². The molecule has 4 rings (SSSR count). The SMILES string of the molecule is C[C@@H](NC(=O)c1cc(C(=O)N[C@@H](Cc2ccccc2)[C@H](O)CN[C@@H](CO)c2ccccc2)cc(N(C)S(C)(=O)=O)c1)c1ccccc1. The first-order valence-electron chi connectivity index (χ1n) is 15.3. The van der Waals surface area contributed by atoms with Crippen LogP contribution in [-0.2, 0) is 16.4 Å². The van der Waals surface area contributed by atoms with Crippen LogP contribution in [0.25, 0.3) is 0 Å². The molecule has 4 atom stereocenters. The minimum absolute atomic E-state index is 0.0475. The number of sulfonamides is 1. The average Bonchev–Trinajstić information content (AvgIpc) is 3.08. The van der Waals surface area contributed by atoms with Crippen LogP contribution in [0.15, 0.2) is 109 Å². The van der Waals surface area contributed by atoms with Crippen LogP contribution in [0.3, 0.4) is 0 Å². The second kappa shape index (κ2) is 16.3. The van der Waals surface area contributed by atoms with E-state index in [0.29, 0.717) is 0 Å². The lowest BCUT2D eigenvalue weighted by Crippen LogP contribution is -2.49. The third-order valence-electron chi connectivity index (χ3n) is 7.99. The van der Waals surface area contributed by atoms with E-state index in [4.69, 9.17) is 0 Å². The van der Waals surface area contributed by atoms with Crippen LogP contribution >= 0.6 is 0 Å². The topological polar surface area (TPSA) is 148 Å². The third kappa shape index (κ3) is 9.97. The molecule has 0 aromatic heterocycles. The smallest absolute Gasteiger partial charge is 0.251 e. The van der Waals surface area contributed by atoms with Gasteiger partial charge in [0.2, 0.25) is 10.0 Å². The van der Waals surface area contributed by atoms with Gasteiger partial charge in [-0.05, 0) is 48.2 Å². The van der Waals surface area contributed by atoms with Crippen LogP contribution in [-0.4, -0.2) is 69.0 Å². The quantitative estimate of drug-likeness (QED) is 0.131. The fourth-order valence-corrected chi connectivity index (χ4v) is 5.62. The molecule has 0 aliphatic heterocycles. The summed E-state index contributed by atoms with van der Waals surface area (Å²) in [5.41, 5.74) is 2.88. The lowest BCUT2D eigenvalue weighted by Gasteiger charge is -2.27. The number of hydrogen-bond acceptors (Lipinski definition) is 7. The molecule has 0 saturated carbocycles. The molecule has 47 heavy (non-hydrogen) atoms. The van der Waals surface area contributed by atoms with Crippen molar-refractivity contribution in [3.05, 3.63) is 137 Å². The van der Waals surface area contributed by atoms with Gasteiger partial charge in [0.05, 0.1) is 42.8 Å². The van der Waals surface area contributed by atoms with Crippen molar-refractivity contribution in [1.82, 2.24) is 16.0 Å². The van der Waals surface area contributed by atoms with E-state index in [9.17, 15) is 28.2 Å². The fourth-order valence-electron chi connectivity index (χ4n) is 5.13. The Balaban J connectivity index is 1.61. The molecular weight excluding hydrogens is 616 g/mol. The number of rotatable bonds is 15. The second-order valence-electron chi connectivity index (χ2n) is 11.5. The van der Waals surface area contributed by atoms with Gasteiger partial charge >= 0.3 is 0 Å². The molecule has 0 heterocycles. The fraction of sp³-hybridized carbons (Fsp3) is 0.278. The van der Waals surface area contributed by atoms with Gasteiger partial charge in [0, 0.05) is 24.7 Å². The van der Waals surface area contributed by atoms with Crippen molar-refractivity contribution in [2.24, 2.45) is 0 Å². The van der Waals surface area contributed by atoms with Gasteiger partial charge in [-0.25, -0.2) is 8.42 Å². The Kier molecular flexibility index (Phi) is 12.3. The summed E-state index contributed by atoms with van der Waals surface area (Å²) in [5, 5.41) is 30.3. The van der Waals surface area contributed by atoms with Gasteiger partial charge in [-0.3, -0.25) is 13.9 Å². The maximum absolute atomic E-state index is 13.8. The normalized spacial score (nSPS) is 14.0. The Bertz CT molecular complexity index is 1720. The van der Waals surface area contributed by atoms with E-state index in [1.165, 1.54) is 25.2 Å². The number of nitrogens with zero attached hydrogens (tertiary/aromatic N) is 1. The number of amides is 2. The van der Waals surface area contributed by atoms with E-state index in [-0.39, 0.29) is 42.4 Å². The summed E-state index contributed by atoms with van der Waals surface area (Å²) in [5.74, 6) is -1.08. The van der Waals surface area contributed by atoms with Crippen molar-refractivity contribution in [2.75, 3.05) is 30.8 Å². The highest BCUT2D eigenvalue weighted by atomic mass is 32.2. The summed E-state index contributed by atoms with van der Waals surface area (Å²) < 4.78 is 25.9. The molecule has 4 aromatic rings. The molecule has 2 amide bonds. The first kappa shape index (κ1) is 35.3. The summed E-state index contributed by atoms with van der Waals surface area (Å²) in [6.07, 6.45) is 0.245. The van der Waals surface area contributed by atoms with E-state index in [2.05, 4.69) is 16.0 Å². The Morgan fingerprint density at radius 3 is 1.83 bits per heavy atom. The highest BCUT2D eigenvalue weighted by Gasteiger charge is 2.26. The van der Waals surface area contributed by atoms with E-state index in [0.717, 1.165) is 27.3 Å². The molecule has 248 valence electrons. The standard InChI is InChI=1S/C36H42N4O6S/c1-25(27-15-9-5-10-16-27)38-35(43)29-20-30(22-31(21-29)40(2)47(3,45)46)36(44)39-32(19-26-13-7-4-8-14-26)34(42)23-37-33(24-41)28-17-11-6-12-18-28/h4-18,20-22,25,32-34,37,41-42H,19,23-24H2,1-3H3,(H,38,43)(H,39,44)/t25-,32+,33+,34-/m1/s1. The molecule has 4 aromatic carbocycles. The van der Waals surface area contributed by atoms with Crippen molar-refractivity contribution in [3.8, 4) is 0 Å². The highest BCUT2D eigenvalue weighted by molar-refractivity contribution is 7.92. The minimum Gasteiger partial charge on any atom is -0.394 e. The molecular formula is C36H42N4O6S. The summed E-state index contributed by atoms with van der Waals surface area (Å²) >= 11 is 0. The zero-order valence-electron chi connectivity index (χ0n) is 26.7.